The highest BCUT2D eigenvalue weighted by Gasteiger charge is 2.50. The maximum Gasteiger partial charge on any atom is 0.329 e. The number of carboxylic acids is 1. The molecule has 0 amide bonds. The molecule has 0 atom stereocenters. The van der Waals surface area contributed by atoms with Crippen molar-refractivity contribution < 1.29 is 14.3 Å². The number of aliphatic carboxylic acids is 1. The van der Waals surface area contributed by atoms with Crippen molar-refractivity contribution in [3.8, 4) is 22.6 Å². The molecule has 1 heterocycles. The van der Waals surface area contributed by atoms with E-state index in [1.54, 1.807) is 42.5 Å². The summed E-state index contributed by atoms with van der Waals surface area (Å²) in [7, 11) is 0. The minimum atomic E-state index is -1.02. The van der Waals surface area contributed by atoms with Gasteiger partial charge in [0.15, 0.2) is 5.82 Å². The summed E-state index contributed by atoms with van der Waals surface area (Å²) in [6.45, 7) is 1.87. The summed E-state index contributed by atoms with van der Waals surface area (Å²) in [5.74, 6) is -0.631. The first-order chi connectivity index (χ1) is 13.4. The zero-order valence-electron chi connectivity index (χ0n) is 15.0. The van der Waals surface area contributed by atoms with Crippen LogP contribution in [0.4, 0.5) is 10.2 Å². The van der Waals surface area contributed by atoms with Gasteiger partial charge in [-0.15, -0.1) is 0 Å². The summed E-state index contributed by atoms with van der Waals surface area (Å²) in [5.41, 5.74) is 1.28. The van der Waals surface area contributed by atoms with E-state index in [0.717, 1.165) is 5.56 Å². The lowest BCUT2D eigenvalue weighted by Crippen LogP contribution is -2.31. The lowest BCUT2D eigenvalue weighted by molar-refractivity contribution is -0.138. The van der Waals surface area contributed by atoms with Crippen LogP contribution in [-0.2, 0) is 4.79 Å². The number of hydrogen-bond donors (Lipinski definition) is 2. The molecule has 1 saturated carbocycles. The maximum absolute atomic E-state index is 14.5. The summed E-state index contributed by atoms with van der Waals surface area (Å²) in [6, 6.07) is 13.3. The third-order valence-electron chi connectivity index (χ3n) is 4.75. The third kappa shape index (κ3) is 3.55. The van der Waals surface area contributed by atoms with Crippen molar-refractivity contribution in [1.82, 2.24) is 9.97 Å². The van der Waals surface area contributed by atoms with Gasteiger partial charge in [-0.1, -0.05) is 23.2 Å². The first kappa shape index (κ1) is 18.4. The van der Waals surface area contributed by atoms with Gasteiger partial charge in [-0.3, -0.25) is 0 Å². The molecule has 2 aromatic carbocycles. The predicted molar refractivity (Wildman–Crippen MR) is 106 cm³/mol. The van der Waals surface area contributed by atoms with Crippen LogP contribution < -0.4 is 5.32 Å². The molecule has 1 aromatic heterocycles. The van der Waals surface area contributed by atoms with Gasteiger partial charge < -0.3 is 10.4 Å². The Bertz CT molecular complexity index is 1070. The molecule has 1 aliphatic rings. The number of rotatable bonds is 5. The van der Waals surface area contributed by atoms with Crippen LogP contribution in [0.1, 0.15) is 18.4 Å². The standard InChI is InChI=1S/C21H17ClFN3O2/c1-12-2-7-16(23)15(10-12)17-11-18(26-21(8-9-21)20(27)28)25-19(24-17)13-3-5-14(22)6-4-13/h2-7,10-11H,8-9H2,1H3,(H,27,28)(H,24,25,26). The van der Waals surface area contributed by atoms with E-state index in [-0.39, 0.29) is 0 Å². The maximum atomic E-state index is 14.5. The van der Waals surface area contributed by atoms with Crippen LogP contribution in [0.2, 0.25) is 5.02 Å². The van der Waals surface area contributed by atoms with Gasteiger partial charge >= 0.3 is 5.97 Å². The fourth-order valence-corrected chi connectivity index (χ4v) is 3.10. The molecule has 0 aliphatic heterocycles. The van der Waals surface area contributed by atoms with Crippen LogP contribution in [0.5, 0.6) is 0 Å². The molecule has 0 radical (unpaired) electrons. The number of carboxylic acid groups (broad SMARTS) is 1. The first-order valence-corrected chi connectivity index (χ1v) is 9.17. The SMILES string of the molecule is Cc1ccc(F)c(-c2cc(NC3(C(=O)O)CC3)nc(-c3ccc(Cl)cc3)n2)c1. The average molecular weight is 398 g/mol. The summed E-state index contributed by atoms with van der Waals surface area (Å²) in [4.78, 5) is 20.5. The van der Waals surface area contributed by atoms with Crippen LogP contribution in [-0.4, -0.2) is 26.6 Å². The van der Waals surface area contributed by atoms with E-state index in [9.17, 15) is 14.3 Å². The lowest BCUT2D eigenvalue weighted by Gasteiger charge is -2.15. The Labute approximate surface area is 166 Å². The summed E-state index contributed by atoms with van der Waals surface area (Å²) in [5, 5.41) is 13.0. The Hall–Kier alpha value is -2.99. The quantitative estimate of drug-likeness (QED) is 0.637. The molecule has 28 heavy (non-hydrogen) atoms. The number of anilines is 1. The highest BCUT2D eigenvalue weighted by atomic mass is 35.5. The van der Waals surface area contributed by atoms with Gasteiger partial charge in [0.2, 0.25) is 0 Å². The number of benzene rings is 2. The minimum absolute atomic E-state index is 0.334. The van der Waals surface area contributed by atoms with E-state index < -0.39 is 17.3 Å². The Balaban J connectivity index is 1.84. The number of aryl methyl sites for hydroxylation is 1. The number of hydrogen-bond acceptors (Lipinski definition) is 4. The molecule has 3 aromatic rings. The second-order valence-corrected chi connectivity index (χ2v) is 7.40. The molecule has 0 spiro atoms. The fourth-order valence-electron chi connectivity index (χ4n) is 2.98. The third-order valence-corrected chi connectivity index (χ3v) is 5.01. The Morgan fingerprint density at radius 2 is 1.86 bits per heavy atom. The average Bonchev–Trinajstić information content (AvgIpc) is 3.45. The Morgan fingerprint density at radius 3 is 2.50 bits per heavy atom. The fraction of sp³-hybridized carbons (Fsp3) is 0.190. The van der Waals surface area contributed by atoms with E-state index in [1.807, 2.05) is 6.92 Å². The van der Waals surface area contributed by atoms with Gasteiger partial charge in [-0.25, -0.2) is 19.2 Å². The molecule has 5 nitrogen and oxygen atoms in total. The van der Waals surface area contributed by atoms with Gasteiger partial charge in [-0.05, 0) is 56.2 Å². The zero-order chi connectivity index (χ0) is 19.9. The Morgan fingerprint density at radius 1 is 1.14 bits per heavy atom. The summed E-state index contributed by atoms with van der Waals surface area (Å²) in [6.07, 6.45) is 1.02. The van der Waals surface area contributed by atoms with Crippen molar-refractivity contribution >= 4 is 23.4 Å². The van der Waals surface area contributed by atoms with E-state index in [2.05, 4.69) is 15.3 Å². The molecule has 142 valence electrons. The van der Waals surface area contributed by atoms with Gasteiger partial charge in [0.05, 0.1) is 5.69 Å². The normalized spacial score (nSPS) is 14.5. The van der Waals surface area contributed by atoms with E-state index in [0.29, 0.717) is 46.3 Å². The molecule has 0 bridgehead atoms. The van der Waals surface area contributed by atoms with Crippen molar-refractivity contribution in [2.75, 3.05) is 5.32 Å². The minimum Gasteiger partial charge on any atom is -0.480 e. The first-order valence-electron chi connectivity index (χ1n) is 8.79. The number of nitrogens with zero attached hydrogens (tertiary/aromatic N) is 2. The lowest BCUT2D eigenvalue weighted by atomic mass is 10.1. The molecule has 0 unspecified atom stereocenters. The highest BCUT2D eigenvalue weighted by Crippen LogP contribution is 2.39. The van der Waals surface area contributed by atoms with E-state index in [1.165, 1.54) is 6.07 Å². The smallest absolute Gasteiger partial charge is 0.329 e. The molecule has 2 N–H and O–H groups in total. The van der Waals surface area contributed by atoms with Crippen molar-refractivity contribution in [2.45, 2.75) is 25.3 Å². The van der Waals surface area contributed by atoms with Gasteiger partial charge in [0.1, 0.15) is 17.2 Å². The monoisotopic (exact) mass is 397 g/mol. The number of carbonyl (C=O) groups is 1. The van der Waals surface area contributed by atoms with Crippen LogP contribution in [0, 0.1) is 12.7 Å². The number of nitrogens with one attached hydrogen (secondary N) is 1. The van der Waals surface area contributed by atoms with Crippen molar-refractivity contribution in [3.05, 3.63) is 64.9 Å². The molecule has 4 rings (SSSR count). The number of halogens is 2. The van der Waals surface area contributed by atoms with Crippen LogP contribution in [0.15, 0.2) is 48.5 Å². The molecule has 7 heteroatoms. The van der Waals surface area contributed by atoms with Gasteiger partial charge in [0, 0.05) is 22.2 Å². The van der Waals surface area contributed by atoms with E-state index >= 15 is 0 Å². The van der Waals surface area contributed by atoms with Crippen LogP contribution >= 0.6 is 11.6 Å². The molecule has 0 saturated heterocycles. The highest BCUT2D eigenvalue weighted by molar-refractivity contribution is 6.30. The zero-order valence-corrected chi connectivity index (χ0v) is 15.8. The molecule has 1 fully saturated rings. The van der Waals surface area contributed by atoms with Crippen LogP contribution in [0.3, 0.4) is 0 Å². The number of aromatic nitrogens is 2. The van der Waals surface area contributed by atoms with Gasteiger partial charge in [0.25, 0.3) is 0 Å². The van der Waals surface area contributed by atoms with E-state index in [4.69, 9.17) is 11.6 Å². The van der Waals surface area contributed by atoms with Crippen molar-refractivity contribution in [2.24, 2.45) is 0 Å². The summed E-state index contributed by atoms with van der Waals surface area (Å²) < 4.78 is 14.5. The second kappa shape index (κ2) is 6.87. The van der Waals surface area contributed by atoms with Gasteiger partial charge in [-0.2, -0.15) is 0 Å². The largest absolute Gasteiger partial charge is 0.480 e. The van der Waals surface area contributed by atoms with Crippen LogP contribution in [0.25, 0.3) is 22.6 Å². The summed E-state index contributed by atoms with van der Waals surface area (Å²) >= 11 is 5.96. The van der Waals surface area contributed by atoms with Crippen molar-refractivity contribution in [1.29, 1.82) is 0 Å². The molecular formula is C21H17ClFN3O2. The predicted octanol–water partition coefficient (Wildman–Crippen LogP) is 4.94. The van der Waals surface area contributed by atoms with Crippen molar-refractivity contribution in [3.63, 3.8) is 0 Å². The Kier molecular flexibility index (Phi) is 4.51. The second-order valence-electron chi connectivity index (χ2n) is 6.96. The molecular weight excluding hydrogens is 381 g/mol. The molecule has 1 aliphatic carbocycles. The topological polar surface area (TPSA) is 75.1 Å².